The molecule has 0 amide bonds. The van der Waals surface area contributed by atoms with Gasteiger partial charge in [-0.3, -0.25) is 19.2 Å². The van der Waals surface area contributed by atoms with Crippen molar-refractivity contribution >= 4 is 23.5 Å². The Morgan fingerprint density at radius 1 is 0.833 bits per heavy atom. The molecule has 0 unspecified atom stereocenters. The summed E-state index contributed by atoms with van der Waals surface area (Å²) in [5, 5.41) is 0. The number of carbonyl (C=O) groups excluding carboxylic acids is 4. The number of ketones is 2. The molecule has 0 spiro atoms. The van der Waals surface area contributed by atoms with Gasteiger partial charge in [0, 0.05) is 18.8 Å². The van der Waals surface area contributed by atoms with Crippen LogP contribution in [0.3, 0.4) is 0 Å². The maximum absolute atomic E-state index is 13.5. The molecule has 2 aromatic rings. The lowest BCUT2D eigenvalue weighted by Crippen LogP contribution is -2.29. The van der Waals surface area contributed by atoms with Gasteiger partial charge in [-0.2, -0.15) is 0 Å². The van der Waals surface area contributed by atoms with Crippen LogP contribution in [0.4, 0.5) is 0 Å². The van der Waals surface area contributed by atoms with Gasteiger partial charge in [0.05, 0.1) is 17.0 Å². The Morgan fingerprint density at radius 2 is 1.27 bits per heavy atom. The van der Waals surface area contributed by atoms with Crippen molar-refractivity contribution in [2.75, 3.05) is 0 Å². The molecule has 0 bridgehead atoms. The molecular weight excluding hydrogens is 384 g/mol. The average molecular weight is 408 g/mol. The molecule has 0 heterocycles. The Morgan fingerprint density at radius 3 is 1.63 bits per heavy atom. The molecule has 6 nitrogen and oxygen atoms in total. The van der Waals surface area contributed by atoms with Crippen molar-refractivity contribution in [3.05, 3.63) is 58.7 Å². The zero-order chi connectivity index (χ0) is 22.0. The molecular formula is C24H24O6. The van der Waals surface area contributed by atoms with Crippen LogP contribution < -0.4 is 9.47 Å². The Balaban J connectivity index is 2.28. The zero-order valence-electron chi connectivity index (χ0n) is 17.5. The second-order valence-electron chi connectivity index (χ2n) is 7.42. The molecule has 0 fully saturated rings. The summed E-state index contributed by atoms with van der Waals surface area (Å²) in [6.45, 7) is 6.89. The lowest BCUT2D eigenvalue weighted by molar-refractivity contribution is -0.134. The standard InChI is InChI=1S/C24H24O6/c1-5-18(25)29-16-11-7-9-14-20(23(27)13(3)4)15-10-8-12-17(30-19(26)6-2)22(15)24(28)21(14)16/h7-13,20H,5-6H2,1-4H3. The highest BCUT2D eigenvalue weighted by Gasteiger charge is 2.40. The molecule has 0 saturated heterocycles. The van der Waals surface area contributed by atoms with Crippen molar-refractivity contribution in [2.45, 2.75) is 46.5 Å². The third kappa shape index (κ3) is 3.77. The van der Waals surface area contributed by atoms with E-state index in [-0.39, 0.29) is 47.2 Å². The number of hydrogen-bond acceptors (Lipinski definition) is 6. The normalized spacial score (nSPS) is 12.9. The molecule has 30 heavy (non-hydrogen) atoms. The summed E-state index contributed by atoms with van der Waals surface area (Å²) in [4.78, 5) is 50.6. The molecule has 0 aromatic heterocycles. The van der Waals surface area contributed by atoms with Crippen LogP contribution in [-0.4, -0.2) is 23.5 Å². The first-order valence-corrected chi connectivity index (χ1v) is 10.1. The van der Waals surface area contributed by atoms with E-state index in [0.717, 1.165) is 0 Å². The quantitative estimate of drug-likeness (QED) is 0.525. The van der Waals surface area contributed by atoms with Gasteiger partial charge in [-0.15, -0.1) is 0 Å². The van der Waals surface area contributed by atoms with Crippen molar-refractivity contribution in [3.63, 3.8) is 0 Å². The van der Waals surface area contributed by atoms with Crippen LogP contribution in [0.2, 0.25) is 0 Å². The Labute approximate surface area is 175 Å². The molecule has 0 N–H and O–H groups in total. The highest BCUT2D eigenvalue weighted by molar-refractivity contribution is 6.18. The van der Waals surface area contributed by atoms with Crippen LogP contribution in [0.1, 0.15) is 73.5 Å². The van der Waals surface area contributed by atoms with Crippen LogP contribution in [-0.2, 0) is 14.4 Å². The third-order valence-electron chi connectivity index (χ3n) is 5.07. The van der Waals surface area contributed by atoms with Crippen molar-refractivity contribution < 1.29 is 28.7 Å². The molecule has 3 rings (SSSR count). The van der Waals surface area contributed by atoms with Crippen LogP contribution in [0.25, 0.3) is 0 Å². The summed E-state index contributed by atoms with van der Waals surface area (Å²) in [5.41, 5.74) is 1.30. The summed E-state index contributed by atoms with van der Waals surface area (Å²) in [7, 11) is 0. The third-order valence-corrected chi connectivity index (χ3v) is 5.07. The number of carbonyl (C=O) groups is 4. The second-order valence-corrected chi connectivity index (χ2v) is 7.42. The van der Waals surface area contributed by atoms with Crippen LogP contribution >= 0.6 is 0 Å². The number of rotatable bonds is 6. The van der Waals surface area contributed by atoms with Crippen molar-refractivity contribution in [2.24, 2.45) is 5.92 Å². The Bertz CT molecular complexity index is 962. The second kappa shape index (κ2) is 8.61. The summed E-state index contributed by atoms with van der Waals surface area (Å²) in [5.74, 6) is -2.31. The highest BCUT2D eigenvalue weighted by atomic mass is 16.5. The van der Waals surface area contributed by atoms with E-state index in [9.17, 15) is 19.2 Å². The molecule has 156 valence electrons. The maximum atomic E-state index is 13.5. The number of esters is 2. The molecule has 0 radical (unpaired) electrons. The van der Waals surface area contributed by atoms with E-state index in [2.05, 4.69) is 0 Å². The Hall–Kier alpha value is -3.28. The lowest BCUT2D eigenvalue weighted by Gasteiger charge is -2.29. The minimum atomic E-state index is -0.728. The van der Waals surface area contributed by atoms with Gasteiger partial charge in [0.15, 0.2) is 0 Å². The number of hydrogen-bond donors (Lipinski definition) is 0. The SMILES string of the molecule is CCC(=O)Oc1cccc2c1C(=O)c1c(OC(=O)CC)cccc1C2C(=O)C(C)C. The van der Waals surface area contributed by atoms with Gasteiger partial charge >= 0.3 is 11.9 Å². The monoisotopic (exact) mass is 408 g/mol. The number of Topliss-reactive ketones (excluding diaryl/α,β-unsaturated/α-hetero) is 1. The van der Waals surface area contributed by atoms with Gasteiger partial charge in [-0.05, 0) is 23.3 Å². The highest BCUT2D eigenvalue weighted by Crippen LogP contribution is 2.44. The summed E-state index contributed by atoms with van der Waals surface area (Å²) in [6.07, 6.45) is 0.282. The molecule has 6 heteroatoms. The Kier molecular flexibility index (Phi) is 6.15. The summed E-state index contributed by atoms with van der Waals surface area (Å²) < 4.78 is 10.8. The fourth-order valence-corrected chi connectivity index (χ4v) is 3.56. The fraction of sp³-hybridized carbons (Fsp3) is 0.333. The van der Waals surface area contributed by atoms with Crippen molar-refractivity contribution in [3.8, 4) is 11.5 Å². The average Bonchev–Trinajstić information content (AvgIpc) is 2.73. The van der Waals surface area contributed by atoms with Gasteiger partial charge in [-0.25, -0.2) is 0 Å². The van der Waals surface area contributed by atoms with Gasteiger partial charge < -0.3 is 9.47 Å². The first-order valence-electron chi connectivity index (χ1n) is 10.1. The largest absolute Gasteiger partial charge is 0.426 e. The zero-order valence-corrected chi connectivity index (χ0v) is 17.5. The van der Waals surface area contributed by atoms with Crippen LogP contribution in [0, 0.1) is 5.92 Å². The molecule has 1 aliphatic rings. The smallest absolute Gasteiger partial charge is 0.310 e. The fourth-order valence-electron chi connectivity index (χ4n) is 3.56. The maximum Gasteiger partial charge on any atom is 0.310 e. The minimum absolute atomic E-state index is 0.0806. The van der Waals surface area contributed by atoms with E-state index < -0.39 is 23.6 Å². The van der Waals surface area contributed by atoms with E-state index >= 15 is 0 Å². The minimum Gasteiger partial charge on any atom is -0.426 e. The first-order chi connectivity index (χ1) is 14.3. The van der Waals surface area contributed by atoms with Gasteiger partial charge in [-0.1, -0.05) is 52.0 Å². The van der Waals surface area contributed by atoms with E-state index in [0.29, 0.717) is 11.1 Å². The molecule has 0 saturated carbocycles. The predicted molar refractivity (Wildman–Crippen MR) is 110 cm³/mol. The summed E-state index contributed by atoms with van der Waals surface area (Å²) >= 11 is 0. The van der Waals surface area contributed by atoms with Crippen LogP contribution in [0.5, 0.6) is 11.5 Å². The number of benzene rings is 2. The van der Waals surface area contributed by atoms with Gasteiger partial charge in [0.2, 0.25) is 5.78 Å². The first kappa shape index (κ1) is 21.4. The predicted octanol–water partition coefficient (Wildman–Crippen LogP) is 4.22. The molecule has 2 aromatic carbocycles. The van der Waals surface area contributed by atoms with Gasteiger partial charge in [0.1, 0.15) is 17.3 Å². The van der Waals surface area contributed by atoms with Gasteiger partial charge in [0.25, 0.3) is 0 Å². The number of ether oxygens (including phenoxy) is 2. The lowest BCUT2D eigenvalue weighted by atomic mass is 9.73. The molecule has 0 aliphatic heterocycles. The topological polar surface area (TPSA) is 86.7 Å². The van der Waals surface area contributed by atoms with E-state index in [4.69, 9.17) is 9.47 Å². The summed E-state index contributed by atoms with van der Waals surface area (Å²) in [6, 6.07) is 9.80. The van der Waals surface area contributed by atoms with Crippen molar-refractivity contribution in [1.82, 2.24) is 0 Å². The number of fused-ring (bicyclic) bond motifs is 2. The van der Waals surface area contributed by atoms with E-state index in [1.165, 1.54) is 12.1 Å². The van der Waals surface area contributed by atoms with Crippen LogP contribution in [0.15, 0.2) is 36.4 Å². The van der Waals surface area contributed by atoms with E-state index in [1.807, 2.05) is 0 Å². The molecule has 0 atom stereocenters. The van der Waals surface area contributed by atoms with Crippen molar-refractivity contribution in [1.29, 1.82) is 0 Å². The molecule has 1 aliphatic carbocycles. The van der Waals surface area contributed by atoms with E-state index in [1.54, 1.807) is 52.0 Å².